The normalized spacial score (nSPS) is 12.4. The smallest absolute Gasteiger partial charge is 0.216 e. The number of hydrogen-bond donors (Lipinski definition) is 2. The van der Waals surface area contributed by atoms with E-state index in [9.17, 15) is 0 Å². The minimum atomic E-state index is 0.730. The molecule has 2 aliphatic rings. The van der Waals surface area contributed by atoms with E-state index in [0.717, 1.165) is 56.1 Å². The molecule has 0 amide bonds. The van der Waals surface area contributed by atoms with Gasteiger partial charge in [-0.3, -0.25) is 0 Å². The molecule has 0 atom stereocenters. The molecule has 0 saturated heterocycles. The van der Waals surface area contributed by atoms with Gasteiger partial charge in [0, 0.05) is 22.6 Å². The predicted molar refractivity (Wildman–Crippen MR) is 123 cm³/mol. The third kappa shape index (κ3) is 3.49. The maximum absolute atomic E-state index is 5.00. The van der Waals surface area contributed by atoms with Crippen LogP contribution in [0, 0.1) is 0 Å². The first-order chi connectivity index (χ1) is 15.2. The Kier molecular flexibility index (Phi) is 3.97. The predicted octanol–water partition coefficient (Wildman–Crippen LogP) is 3.71. The molecule has 0 spiro atoms. The fraction of sp³-hybridized carbons (Fsp3) is 0. The standard InChI is InChI=1S/C23H15N7S/c31-30-8-7-22(28-29-30)21-12-20-11-18-4-3-16(25-18)9-14-1-2-15(24-14)10-17-5-6-19(26-17)13-23(21)27-20/h1-13,25,27H. The zero-order chi connectivity index (χ0) is 20.8. The molecule has 6 heterocycles. The summed E-state index contributed by atoms with van der Waals surface area (Å²) in [5.41, 5.74) is 8.92. The quantitative estimate of drug-likeness (QED) is 0.312. The highest BCUT2D eigenvalue weighted by molar-refractivity contribution is 7.50. The lowest BCUT2D eigenvalue weighted by atomic mass is 10.2. The van der Waals surface area contributed by atoms with Crippen molar-refractivity contribution in [3.8, 4) is 11.3 Å². The van der Waals surface area contributed by atoms with E-state index in [-0.39, 0.29) is 0 Å². The van der Waals surface area contributed by atoms with E-state index >= 15 is 0 Å². The molecule has 2 aliphatic heterocycles. The first-order valence-corrected chi connectivity index (χ1v) is 10.1. The molecule has 8 bridgehead atoms. The molecule has 0 unspecified atom stereocenters. The van der Waals surface area contributed by atoms with Gasteiger partial charge in [-0.15, -0.1) is 0 Å². The number of aromatic nitrogens is 7. The van der Waals surface area contributed by atoms with Crippen LogP contribution in [0.2, 0.25) is 0 Å². The Bertz CT molecular complexity index is 1540. The fourth-order valence-corrected chi connectivity index (χ4v) is 3.76. The van der Waals surface area contributed by atoms with Gasteiger partial charge in [0.05, 0.1) is 45.2 Å². The van der Waals surface area contributed by atoms with Crippen LogP contribution in [-0.4, -0.2) is 30.2 Å². The van der Waals surface area contributed by atoms with E-state index in [1.54, 1.807) is 6.20 Å². The number of hydrogen-bond acceptors (Lipinski definition) is 5. The summed E-state index contributed by atoms with van der Waals surface area (Å²) in [6.07, 6.45) is 9.66. The molecular weight excluding hydrogens is 406 g/mol. The Labute approximate surface area is 182 Å². The second kappa shape index (κ2) is 6.96. The topological polar surface area (TPSA) is 87.0 Å². The highest BCUT2D eigenvalue weighted by Crippen LogP contribution is 2.25. The number of rotatable bonds is 1. The van der Waals surface area contributed by atoms with Crippen LogP contribution < -0.4 is 4.09 Å². The molecule has 0 aliphatic carbocycles. The molecule has 31 heavy (non-hydrogen) atoms. The summed E-state index contributed by atoms with van der Waals surface area (Å²) >= 11 is 5.00. The van der Waals surface area contributed by atoms with Gasteiger partial charge in [0.25, 0.3) is 0 Å². The van der Waals surface area contributed by atoms with Crippen LogP contribution in [0.4, 0.5) is 0 Å². The number of aromatic amines is 2. The van der Waals surface area contributed by atoms with Crippen molar-refractivity contribution in [1.82, 2.24) is 30.2 Å². The molecule has 0 fully saturated rings. The van der Waals surface area contributed by atoms with Crippen molar-refractivity contribution in [1.29, 1.82) is 0 Å². The molecule has 148 valence electrons. The second-order valence-corrected chi connectivity index (χ2v) is 7.66. The summed E-state index contributed by atoms with van der Waals surface area (Å²) in [5, 5.41) is 8.21. The summed E-state index contributed by atoms with van der Waals surface area (Å²) in [7, 11) is 0. The van der Waals surface area contributed by atoms with Crippen LogP contribution in [-0.2, 0) is 12.8 Å². The van der Waals surface area contributed by atoms with Crippen LogP contribution in [0.25, 0.3) is 57.6 Å². The number of nitrogens with zero attached hydrogens (tertiary/aromatic N) is 5. The monoisotopic (exact) mass is 421 g/mol. The Hall–Kier alpha value is -4.17. The molecule has 8 heteroatoms. The van der Waals surface area contributed by atoms with Crippen LogP contribution in [0.1, 0.15) is 22.8 Å². The lowest BCUT2D eigenvalue weighted by Gasteiger charge is -1.95. The molecule has 4 aromatic rings. The molecule has 6 rings (SSSR count). The van der Waals surface area contributed by atoms with E-state index in [4.69, 9.17) is 17.8 Å². The Morgan fingerprint density at radius 2 is 1.35 bits per heavy atom. The van der Waals surface area contributed by atoms with Gasteiger partial charge in [-0.05, 0) is 66.8 Å². The van der Waals surface area contributed by atoms with Gasteiger partial charge in [-0.25, -0.2) is 14.1 Å². The third-order valence-electron chi connectivity index (χ3n) is 5.05. The largest absolute Gasteiger partial charge is 0.527 e. The number of H-pyrrole nitrogens is 2. The Morgan fingerprint density at radius 3 is 2.06 bits per heavy atom. The molecular formula is C23H15N7S. The molecule has 7 nitrogen and oxygen atoms in total. The summed E-state index contributed by atoms with van der Waals surface area (Å²) < 4.78 is 1.26. The first kappa shape index (κ1) is 17.7. The van der Waals surface area contributed by atoms with E-state index in [0.29, 0.717) is 0 Å². The van der Waals surface area contributed by atoms with Crippen molar-refractivity contribution < 1.29 is 4.09 Å². The number of fused-ring (bicyclic) bond motifs is 8. The van der Waals surface area contributed by atoms with Gasteiger partial charge in [-0.2, -0.15) is 0 Å². The fourth-order valence-electron chi connectivity index (χ4n) is 3.66. The summed E-state index contributed by atoms with van der Waals surface area (Å²) in [6, 6.07) is 16.0. The van der Waals surface area contributed by atoms with Crippen LogP contribution in [0.5, 0.6) is 0 Å². The SMILES string of the molecule is [S-][n+]1ccc(-c2cc3cc4ccc(cc5nc(cc6nc(cc2[nH]3)C=C6)C=C5)[nH]4)nn1. The highest BCUT2D eigenvalue weighted by atomic mass is 32.1. The summed E-state index contributed by atoms with van der Waals surface area (Å²) in [4.78, 5) is 16.3. The maximum atomic E-state index is 5.00. The van der Waals surface area contributed by atoms with E-state index in [1.807, 2.05) is 66.8 Å². The van der Waals surface area contributed by atoms with Crippen LogP contribution in [0.3, 0.4) is 0 Å². The zero-order valence-corrected chi connectivity index (χ0v) is 17.0. The Morgan fingerprint density at radius 1 is 0.677 bits per heavy atom. The van der Waals surface area contributed by atoms with E-state index < -0.39 is 0 Å². The molecule has 4 aromatic heterocycles. The van der Waals surface area contributed by atoms with E-state index in [2.05, 4.69) is 31.3 Å². The minimum absolute atomic E-state index is 0.730. The summed E-state index contributed by atoms with van der Waals surface area (Å²) in [6.45, 7) is 0. The first-order valence-electron chi connectivity index (χ1n) is 9.70. The van der Waals surface area contributed by atoms with Gasteiger partial charge < -0.3 is 22.8 Å². The van der Waals surface area contributed by atoms with E-state index in [1.165, 1.54) is 4.09 Å². The van der Waals surface area contributed by atoms with Gasteiger partial charge >= 0.3 is 0 Å². The highest BCUT2D eigenvalue weighted by Gasteiger charge is 2.12. The van der Waals surface area contributed by atoms with Crippen molar-refractivity contribution in [3.63, 3.8) is 0 Å². The third-order valence-corrected chi connectivity index (χ3v) is 5.24. The molecule has 2 N–H and O–H groups in total. The summed E-state index contributed by atoms with van der Waals surface area (Å²) in [5.74, 6) is 0. The maximum Gasteiger partial charge on any atom is 0.216 e. The van der Waals surface area contributed by atoms with Crippen molar-refractivity contribution >= 4 is 59.2 Å². The van der Waals surface area contributed by atoms with Gasteiger partial charge in [-0.1, -0.05) is 0 Å². The molecule has 0 saturated carbocycles. The van der Waals surface area contributed by atoms with Crippen LogP contribution >= 0.6 is 0 Å². The van der Waals surface area contributed by atoms with Crippen molar-refractivity contribution in [2.45, 2.75) is 0 Å². The lowest BCUT2D eigenvalue weighted by Crippen LogP contribution is -2.31. The van der Waals surface area contributed by atoms with Gasteiger partial charge in [0.15, 0.2) is 0 Å². The average Bonchev–Trinajstić information content (AvgIpc) is 3.54. The zero-order valence-electron chi connectivity index (χ0n) is 16.1. The van der Waals surface area contributed by atoms with Crippen molar-refractivity contribution in [2.24, 2.45) is 0 Å². The second-order valence-electron chi connectivity index (χ2n) is 7.28. The lowest BCUT2D eigenvalue weighted by molar-refractivity contribution is -0.570. The molecule has 0 aromatic carbocycles. The van der Waals surface area contributed by atoms with Crippen molar-refractivity contribution in [2.75, 3.05) is 0 Å². The minimum Gasteiger partial charge on any atom is -0.527 e. The van der Waals surface area contributed by atoms with Gasteiger partial charge in [0.1, 0.15) is 5.21 Å². The Balaban J connectivity index is 1.67. The van der Waals surface area contributed by atoms with Crippen LogP contribution in [0.15, 0.2) is 54.7 Å². The number of nitrogens with one attached hydrogen (secondary N) is 2. The van der Waals surface area contributed by atoms with Gasteiger partial charge in [0.2, 0.25) is 5.69 Å². The molecule has 0 radical (unpaired) electrons. The average molecular weight is 421 g/mol. The van der Waals surface area contributed by atoms with Crippen molar-refractivity contribution in [3.05, 3.63) is 77.5 Å².